The Morgan fingerprint density at radius 3 is 2.69 bits per heavy atom. The first kappa shape index (κ1) is 19.6. The highest BCUT2D eigenvalue weighted by Gasteiger charge is 2.32. The van der Waals surface area contributed by atoms with Crippen molar-refractivity contribution in [2.24, 2.45) is 0 Å². The fourth-order valence-electron chi connectivity index (χ4n) is 2.85. The molecule has 146 valence electrons. The zero-order valence-corrected chi connectivity index (χ0v) is 17.5. The highest BCUT2D eigenvalue weighted by Crippen LogP contribution is 2.35. The SMILES string of the molecule is O=C(O)CCN1C(=O)/C(=C\c2cn(-c3ccccc3)nc2-c2cccs2)SC1=S. The fourth-order valence-corrected chi connectivity index (χ4v) is 4.88. The Morgan fingerprint density at radius 2 is 2.00 bits per heavy atom. The lowest BCUT2D eigenvalue weighted by Crippen LogP contribution is -2.30. The molecule has 6 nitrogen and oxygen atoms in total. The van der Waals surface area contributed by atoms with Crippen LogP contribution in [0.1, 0.15) is 12.0 Å². The lowest BCUT2D eigenvalue weighted by molar-refractivity contribution is -0.137. The molecule has 1 aliphatic heterocycles. The number of carboxylic acid groups (broad SMARTS) is 1. The maximum Gasteiger partial charge on any atom is 0.305 e. The number of aromatic nitrogens is 2. The molecule has 0 radical (unpaired) electrons. The first-order valence-electron chi connectivity index (χ1n) is 8.69. The van der Waals surface area contributed by atoms with E-state index in [1.165, 1.54) is 16.7 Å². The minimum Gasteiger partial charge on any atom is -0.481 e. The van der Waals surface area contributed by atoms with Gasteiger partial charge in [-0.25, -0.2) is 4.68 Å². The van der Waals surface area contributed by atoms with Crippen LogP contribution in [0.2, 0.25) is 0 Å². The maximum absolute atomic E-state index is 12.7. The number of carboxylic acids is 1. The van der Waals surface area contributed by atoms with Crippen molar-refractivity contribution < 1.29 is 14.7 Å². The average molecular weight is 442 g/mol. The van der Waals surface area contributed by atoms with Gasteiger partial charge in [0.15, 0.2) is 0 Å². The van der Waals surface area contributed by atoms with E-state index in [0.29, 0.717) is 9.23 Å². The molecule has 1 fully saturated rings. The van der Waals surface area contributed by atoms with Crippen LogP contribution in [0.25, 0.3) is 22.3 Å². The lowest BCUT2D eigenvalue weighted by atomic mass is 10.2. The van der Waals surface area contributed by atoms with Crippen molar-refractivity contribution in [3.05, 3.63) is 64.5 Å². The zero-order chi connectivity index (χ0) is 20.4. The summed E-state index contributed by atoms with van der Waals surface area (Å²) in [5.41, 5.74) is 2.49. The normalized spacial score (nSPS) is 15.4. The van der Waals surface area contributed by atoms with Gasteiger partial charge >= 0.3 is 5.97 Å². The summed E-state index contributed by atoms with van der Waals surface area (Å²) in [7, 11) is 0. The number of amides is 1. The van der Waals surface area contributed by atoms with Crippen molar-refractivity contribution in [3.8, 4) is 16.3 Å². The van der Waals surface area contributed by atoms with E-state index in [1.807, 2.05) is 54.0 Å². The number of thiocarbonyl (C=S) groups is 1. The second kappa shape index (κ2) is 8.32. The molecule has 2 aromatic heterocycles. The summed E-state index contributed by atoms with van der Waals surface area (Å²) in [6.07, 6.45) is 3.52. The first-order chi connectivity index (χ1) is 14.0. The Kier molecular flexibility index (Phi) is 5.61. The van der Waals surface area contributed by atoms with E-state index in [-0.39, 0.29) is 18.9 Å². The van der Waals surface area contributed by atoms with Gasteiger partial charge in [0.25, 0.3) is 5.91 Å². The smallest absolute Gasteiger partial charge is 0.305 e. The van der Waals surface area contributed by atoms with E-state index in [1.54, 1.807) is 22.1 Å². The monoisotopic (exact) mass is 441 g/mol. The van der Waals surface area contributed by atoms with Crippen molar-refractivity contribution in [2.45, 2.75) is 6.42 Å². The minimum absolute atomic E-state index is 0.0679. The number of nitrogens with zero attached hydrogens (tertiary/aromatic N) is 3. The van der Waals surface area contributed by atoms with Gasteiger partial charge in [-0.1, -0.05) is 48.2 Å². The number of hydrogen-bond donors (Lipinski definition) is 1. The minimum atomic E-state index is -0.966. The molecule has 3 aromatic rings. The molecule has 0 bridgehead atoms. The van der Waals surface area contributed by atoms with Crippen molar-refractivity contribution >= 4 is 57.6 Å². The van der Waals surface area contributed by atoms with Crippen LogP contribution < -0.4 is 0 Å². The third-order valence-electron chi connectivity index (χ3n) is 4.23. The standard InChI is InChI=1S/C20H15N3O3S3/c24-17(25)8-9-22-19(26)16(29-20(22)27)11-13-12-23(14-5-2-1-3-6-14)21-18(13)15-7-4-10-28-15/h1-7,10-12H,8-9H2,(H,24,25)/b16-11+. The molecule has 0 spiro atoms. The number of thioether (sulfide) groups is 1. The first-order valence-corrected chi connectivity index (χ1v) is 10.8. The molecule has 4 rings (SSSR count). The molecule has 29 heavy (non-hydrogen) atoms. The molecular formula is C20H15N3O3S3. The van der Waals surface area contributed by atoms with Gasteiger partial charge < -0.3 is 5.11 Å². The topological polar surface area (TPSA) is 75.4 Å². The van der Waals surface area contributed by atoms with Crippen LogP contribution in [0.3, 0.4) is 0 Å². The van der Waals surface area contributed by atoms with Crippen LogP contribution in [0, 0.1) is 0 Å². The van der Waals surface area contributed by atoms with Gasteiger partial charge in [-0.05, 0) is 29.7 Å². The Bertz CT molecular complexity index is 1100. The Morgan fingerprint density at radius 1 is 1.21 bits per heavy atom. The number of benzene rings is 1. The number of hydrogen-bond acceptors (Lipinski definition) is 6. The van der Waals surface area contributed by atoms with E-state index in [0.717, 1.165) is 21.8 Å². The third-order valence-corrected chi connectivity index (χ3v) is 6.48. The van der Waals surface area contributed by atoms with Gasteiger partial charge in [0.05, 0.1) is 21.9 Å². The number of para-hydroxylation sites is 1. The Hall–Kier alpha value is -2.75. The summed E-state index contributed by atoms with van der Waals surface area (Å²) in [4.78, 5) is 26.4. The average Bonchev–Trinajstić information content (AvgIpc) is 3.42. The van der Waals surface area contributed by atoms with Crippen LogP contribution in [-0.2, 0) is 9.59 Å². The molecule has 1 N–H and O–H groups in total. The summed E-state index contributed by atoms with van der Waals surface area (Å²) in [5, 5.41) is 15.6. The predicted molar refractivity (Wildman–Crippen MR) is 119 cm³/mol. The van der Waals surface area contributed by atoms with Crippen molar-refractivity contribution in [1.82, 2.24) is 14.7 Å². The van der Waals surface area contributed by atoms with Crippen LogP contribution in [0.4, 0.5) is 0 Å². The Labute approximate surface area is 180 Å². The highest BCUT2D eigenvalue weighted by atomic mass is 32.2. The van der Waals surface area contributed by atoms with Gasteiger partial charge in [-0.2, -0.15) is 5.10 Å². The number of thiophene rings is 1. The van der Waals surface area contributed by atoms with Crippen molar-refractivity contribution in [1.29, 1.82) is 0 Å². The number of carbonyl (C=O) groups excluding carboxylic acids is 1. The van der Waals surface area contributed by atoms with Gasteiger partial charge in [-0.3, -0.25) is 14.5 Å². The highest BCUT2D eigenvalue weighted by molar-refractivity contribution is 8.26. The second-order valence-corrected chi connectivity index (χ2v) is 8.79. The summed E-state index contributed by atoms with van der Waals surface area (Å²) < 4.78 is 2.15. The molecule has 9 heteroatoms. The number of rotatable bonds is 6. The zero-order valence-electron chi connectivity index (χ0n) is 15.0. The summed E-state index contributed by atoms with van der Waals surface area (Å²) in [5.74, 6) is -1.24. The van der Waals surface area contributed by atoms with Crippen LogP contribution >= 0.6 is 35.3 Å². The Balaban J connectivity index is 1.71. The molecule has 0 aliphatic carbocycles. The second-order valence-electron chi connectivity index (χ2n) is 6.17. The van der Waals surface area contributed by atoms with E-state index < -0.39 is 5.97 Å². The quantitative estimate of drug-likeness (QED) is 0.455. The molecular weight excluding hydrogens is 426 g/mol. The number of carbonyl (C=O) groups is 2. The summed E-state index contributed by atoms with van der Waals surface area (Å²) in [6.45, 7) is 0.0679. The van der Waals surface area contributed by atoms with E-state index in [4.69, 9.17) is 22.4 Å². The van der Waals surface area contributed by atoms with E-state index >= 15 is 0 Å². The molecule has 1 aliphatic rings. The largest absolute Gasteiger partial charge is 0.481 e. The van der Waals surface area contributed by atoms with Gasteiger partial charge in [-0.15, -0.1) is 11.3 Å². The molecule has 1 saturated heterocycles. The summed E-state index contributed by atoms with van der Waals surface area (Å²) in [6, 6.07) is 13.7. The third kappa shape index (κ3) is 4.16. The molecule has 0 saturated carbocycles. The van der Waals surface area contributed by atoms with Gasteiger partial charge in [0, 0.05) is 18.3 Å². The maximum atomic E-state index is 12.7. The van der Waals surface area contributed by atoms with Crippen molar-refractivity contribution in [3.63, 3.8) is 0 Å². The molecule has 3 heterocycles. The van der Waals surface area contributed by atoms with E-state index in [9.17, 15) is 9.59 Å². The van der Waals surface area contributed by atoms with E-state index in [2.05, 4.69) is 0 Å². The van der Waals surface area contributed by atoms with Gasteiger partial charge in [0.2, 0.25) is 0 Å². The van der Waals surface area contributed by atoms with Crippen LogP contribution in [0.5, 0.6) is 0 Å². The fraction of sp³-hybridized carbons (Fsp3) is 0.100. The molecule has 1 aromatic carbocycles. The van der Waals surface area contributed by atoms with Crippen LogP contribution in [0.15, 0.2) is 58.9 Å². The van der Waals surface area contributed by atoms with Crippen molar-refractivity contribution in [2.75, 3.05) is 6.54 Å². The molecule has 1 amide bonds. The van der Waals surface area contributed by atoms with Crippen LogP contribution in [-0.4, -0.2) is 42.5 Å². The summed E-state index contributed by atoms with van der Waals surface area (Å²) >= 11 is 8.03. The number of aliphatic carboxylic acids is 1. The predicted octanol–water partition coefficient (Wildman–Crippen LogP) is 4.28. The lowest BCUT2D eigenvalue weighted by Gasteiger charge is -2.12. The molecule has 0 unspecified atom stereocenters. The van der Waals surface area contributed by atoms with Gasteiger partial charge in [0.1, 0.15) is 10.0 Å². The molecule has 0 atom stereocenters.